The molecule has 11 nitrogen and oxygen atoms in total. The highest BCUT2D eigenvalue weighted by atomic mass is 16.7. The predicted molar refractivity (Wildman–Crippen MR) is 158 cm³/mol. The van der Waals surface area contributed by atoms with E-state index in [0.29, 0.717) is 36.9 Å². The van der Waals surface area contributed by atoms with E-state index in [4.69, 9.17) is 19.0 Å². The molecule has 2 heterocycles. The van der Waals surface area contributed by atoms with Gasteiger partial charge in [0.1, 0.15) is 24.9 Å². The highest BCUT2D eigenvalue weighted by Crippen LogP contribution is 2.31. The lowest BCUT2D eigenvalue weighted by molar-refractivity contribution is -0.159. The molecule has 4 rings (SSSR count). The third-order valence-electron chi connectivity index (χ3n) is 7.64. The summed E-state index contributed by atoms with van der Waals surface area (Å²) in [5.41, 5.74) is 4.04. The molecule has 11 heteroatoms. The van der Waals surface area contributed by atoms with E-state index >= 15 is 0 Å². The lowest BCUT2D eigenvalue weighted by Gasteiger charge is -2.31. The molecule has 2 aliphatic rings. The van der Waals surface area contributed by atoms with Crippen LogP contribution in [0.5, 0.6) is 5.75 Å². The van der Waals surface area contributed by atoms with Crippen molar-refractivity contribution in [3.63, 3.8) is 0 Å². The van der Waals surface area contributed by atoms with Crippen LogP contribution in [0.3, 0.4) is 0 Å². The van der Waals surface area contributed by atoms with E-state index in [9.17, 15) is 19.2 Å². The van der Waals surface area contributed by atoms with Gasteiger partial charge in [0.25, 0.3) is 0 Å². The first-order chi connectivity index (χ1) is 20.9. The van der Waals surface area contributed by atoms with Crippen molar-refractivity contribution >= 4 is 29.6 Å². The molecule has 0 saturated carbocycles. The first kappa shape index (κ1) is 31.8. The van der Waals surface area contributed by atoms with Crippen LogP contribution in [0.1, 0.15) is 57.4 Å². The van der Waals surface area contributed by atoms with Gasteiger partial charge in [0.05, 0.1) is 25.3 Å². The summed E-state index contributed by atoms with van der Waals surface area (Å²) in [5.74, 6) is -0.440. The molecule has 1 fully saturated rings. The Kier molecular flexibility index (Phi) is 12.2. The van der Waals surface area contributed by atoms with Gasteiger partial charge in [-0.2, -0.15) is 0 Å². The Hall–Kier alpha value is -4.12. The number of fused-ring (bicyclic) bond motifs is 1. The minimum atomic E-state index is -0.819. The molecule has 1 N–H and O–H groups in total. The number of carbonyl (C=O) groups is 4. The maximum atomic E-state index is 12.7. The quantitative estimate of drug-likeness (QED) is 0.155. The third-order valence-corrected chi connectivity index (χ3v) is 7.64. The van der Waals surface area contributed by atoms with Crippen LogP contribution in [-0.4, -0.2) is 67.7 Å². The van der Waals surface area contributed by atoms with Gasteiger partial charge in [-0.05, 0) is 49.8 Å². The number of ether oxygens (including phenoxy) is 3. The zero-order chi connectivity index (χ0) is 30.4. The number of carbonyl (C=O) groups excluding carboxylic acids is 4. The van der Waals surface area contributed by atoms with Crippen molar-refractivity contribution in [1.82, 2.24) is 10.4 Å². The summed E-state index contributed by atoms with van der Waals surface area (Å²) in [5, 5.41) is 0. The average Bonchev–Trinajstić information content (AvgIpc) is 3.18. The van der Waals surface area contributed by atoms with Crippen LogP contribution in [0.25, 0.3) is 0 Å². The topological polar surface area (TPSA) is 124 Å². The van der Waals surface area contributed by atoms with Gasteiger partial charge in [-0.15, -0.1) is 5.48 Å². The van der Waals surface area contributed by atoms with Gasteiger partial charge in [-0.1, -0.05) is 61.7 Å². The van der Waals surface area contributed by atoms with E-state index < -0.39 is 18.0 Å². The van der Waals surface area contributed by atoms with Crippen LogP contribution < -0.4 is 15.1 Å². The second-order valence-corrected chi connectivity index (χ2v) is 10.7. The van der Waals surface area contributed by atoms with E-state index in [1.165, 1.54) is 4.90 Å². The molecular weight excluding hydrogens is 554 g/mol. The molecule has 2 aliphatic heterocycles. The number of para-hydroxylation sites is 2. The van der Waals surface area contributed by atoms with Gasteiger partial charge in [0.2, 0.25) is 5.91 Å². The van der Waals surface area contributed by atoms with Crippen LogP contribution >= 0.6 is 0 Å². The number of nitrogens with zero attached hydrogens (tertiary/aromatic N) is 2. The first-order valence-electron chi connectivity index (χ1n) is 15.0. The fourth-order valence-electron chi connectivity index (χ4n) is 5.26. The van der Waals surface area contributed by atoms with Gasteiger partial charge in [-0.3, -0.25) is 14.5 Å². The fraction of sp³-hybridized carbons (Fsp3) is 0.500. The zero-order valence-corrected chi connectivity index (χ0v) is 24.7. The molecule has 0 unspecified atom stereocenters. The molecule has 0 spiro atoms. The lowest BCUT2D eigenvalue weighted by Crippen LogP contribution is -2.43. The minimum Gasteiger partial charge on any atom is -0.491 e. The number of benzene rings is 2. The molecule has 0 aromatic heterocycles. The Labute approximate surface area is 252 Å². The second kappa shape index (κ2) is 16.5. The SMILES string of the molecule is CCOC(=O)[C@H](CCCCC1CCN(C(=O)OCc2ccccc2)CC1)NOC(=O)CN1C(=O)CCOc2ccccc21. The molecule has 0 radical (unpaired) electrons. The number of hydroxylamine groups is 1. The number of hydrogen-bond donors (Lipinski definition) is 1. The minimum absolute atomic E-state index is 0.137. The molecule has 2 aromatic carbocycles. The maximum Gasteiger partial charge on any atom is 0.410 e. The Morgan fingerprint density at radius 2 is 1.74 bits per heavy atom. The number of nitrogens with one attached hydrogen (secondary N) is 1. The molecule has 0 bridgehead atoms. The maximum absolute atomic E-state index is 12.7. The summed E-state index contributed by atoms with van der Waals surface area (Å²) in [6.07, 6.45) is 4.67. The Morgan fingerprint density at radius 3 is 2.51 bits per heavy atom. The van der Waals surface area contributed by atoms with Crippen molar-refractivity contribution in [3.8, 4) is 5.75 Å². The Morgan fingerprint density at radius 1 is 1.00 bits per heavy atom. The highest BCUT2D eigenvalue weighted by Gasteiger charge is 2.28. The molecular formula is C32H41N3O8. The summed E-state index contributed by atoms with van der Waals surface area (Å²) in [4.78, 5) is 58.6. The van der Waals surface area contributed by atoms with E-state index in [2.05, 4.69) is 5.48 Å². The van der Waals surface area contributed by atoms with Crippen LogP contribution in [0.4, 0.5) is 10.5 Å². The Bertz CT molecular complexity index is 1220. The standard InChI is InChI=1S/C32H41N3O8/c1-2-40-31(38)26(33-43-30(37)22-35-27-14-8-9-15-28(27)41-21-18-29(35)36)13-7-6-10-24-16-19-34(20-17-24)32(39)42-23-25-11-4-3-5-12-25/h3-5,8-9,11-12,14-15,24,26,33H,2,6-7,10,13,16-23H2,1H3/t26-/m0/s1. The molecule has 1 atom stereocenters. The molecule has 0 aliphatic carbocycles. The van der Waals surface area contributed by atoms with E-state index in [0.717, 1.165) is 37.7 Å². The van der Waals surface area contributed by atoms with Gasteiger partial charge < -0.3 is 23.9 Å². The summed E-state index contributed by atoms with van der Waals surface area (Å²) in [6, 6.07) is 15.8. The van der Waals surface area contributed by atoms with Crippen molar-refractivity contribution in [1.29, 1.82) is 0 Å². The Balaban J connectivity index is 1.17. The number of unbranched alkanes of at least 4 members (excludes halogenated alkanes) is 1. The summed E-state index contributed by atoms with van der Waals surface area (Å²) < 4.78 is 16.2. The normalized spacial score (nSPS) is 16.0. The van der Waals surface area contributed by atoms with Gasteiger partial charge in [0.15, 0.2) is 0 Å². The number of likely N-dealkylation sites (tertiary alicyclic amines) is 1. The summed E-state index contributed by atoms with van der Waals surface area (Å²) >= 11 is 0. The van der Waals surface area contributed by atoms with Crippen molar-refractivity contribution < 1.29 is 38.2 Å². The van der Waals surface area contributed by atoms with Gasteiger partial charge in [0, 0.05) is 13.1 Å². The molecule has 43 heavy (non-hydrogen) atoms. The van der Waals surface area contributed by atoms with Gasteiger partial charge >= 0.3 is 18.0 Å². The summed E-state index contributed by atoms with van der Waals surface area (Å²) in [7, 11) is 0. The average molecular weight is 596 g/mol. The molecule has 2 amide bonds. The number of hydrogen-bond acceptors (Lipinski definition) is 9. The van der Waals surface area contributed by atoms with Crippen molar-refractivity contribution in [2.45, 2.75) is 64.5 Å². The number of piperidine rings is 1. The van der Waals surface area contributed by atoms with E-state index in [-0.39, 0.29) is 44.8 Å². The fourth-order valence-corrected chi connectivity index (χ4v) is 5.26. The van der Waals surface area contributed by atoms with Crippen molar-refractivity contribution in [3.05, 3.63) is 60.2 Å². The summed E-state index contributed by atoms with van der Waals surface area (Å²) in [6.45, 7) is 3.43. The smallest absolute Gasteiger partial charge is 0.410 e. The number of esters is 1. The lowest BCUT2D eigenvalue weighted by atomic mass is 9.91. The van der Waals surface area contributed by atoms with E-state index in [1.54, 1.807) is 36.1 Å². The van der Waals surface area contributed by atoms with Crippen LogP contribution in [0, 0.1) is 5.92 Å². The van der Waals surface area contributed by atoms with E-state index in [1.807, 2.05) is 30.3 Å². The van der Waals surface area contributed by atoms with Crippen LogP contribution in [0.15, 0.2) is 54.6 Å². The number of amides is 2. The largest absolute Gasteiger partial charge is 0.491 e. The second-order valence-electron chi connectivity index (χ2n) is 10.7. The molecule has 1 saturated heterocycles. The predicted octanol–water partition coefficient (Wildman–Crippen LogP) is 4.39. The van der Waals surface area contributed by atoms with Gasteiger partial charge in [-0.25, -0.2) is 9.59 Å². The first-order valence-corrected chi connectivity index (χ1v) is 15.0. The number of anilines is 1. The van der Waals surface area contributed by atoms with Crippen LogP contribution in [0.2, 0.25) is 0 Å². The van der Waals surface area contributed by atoms with Crippen molar-refractivity contribution in [2.24, 2.45) is 5.92 Å². The molecule has 2 aromatic rings. The van der Waals surface area contributed by atoms with Crippen LogP contribution in [-0.2, 0) is 35.3 Å². The zero-order valence-electron chi connectivity index (χ0n) is 24.7. The molecule has 232 valence electrons. The monoisotopic (exact) mass is 595 g/mol. The highest BCUT2D eigenvalue weighted by molar-refractivity contribution is 5.99. The number of rotatable bonds is 13. The van der Waals surface area contributed by atoms with Crippen molar-refractivity contribution in [2.75, 3.05) is 37.7 Å². The third kappa shape index (κ3) is 9.71.